The number of rotatable bonds is 6. The smallest absolute Gasteiger partial charge is 0.225 e. The summed E-state index contributed by atoms with van der Waals surface area (Å²) in [7, 11) is 1.61. The van der Waals surface area contributed by atoms with Gasteiger partial charge in [-0.15, -0.1) is 0 Å². The summed E-state index contributed by atoms with van der Waals surface area (Å²) in [5, 5.41) is 3.03. The van der Waals surface area contributed by atoms with Crippen LogP contribution in [0.2, 0.25) is 0 Å². The molecular weight excluding hydrogens is 342 g/mol. The minimum absolute atomic E-state index is 0.00527. The van der Waals surface area contributed by atoms with E-state index in [1.165, 1.54) is 12.8 Å². The molecule has 1 saturated carbocycles. The van der Waals surface area contributed by atoms with Gasteiger partial charge in [-0.25, -0.2) is 0 Å². The molecule has 1 aliphatic heterocycles. The first-order valence-electron chi connectivity index (χ1n) is 9.48. The monoisotopic (exact) mass is 367 g/mol. The predicted octanol–water partition coefficient (Wildman–Crippen LogP) is 4.30. The van der Waals surface area contributed by atoms with Gasteiger partial charge in [-0.3, -0.25) is 4.79 Å². The second kappa shape index (κ2) is 7.51. The van der Waals surface area contributed by atoms with Crippen molar-refractivity contribution in [2.75, 3.05) is 25.6 Å². The van der Waals surface area contributed by atoms with Gasteiger partial charge >= 0.3 is 0 Å². The van der Waals surface area contributed by atoms with Gasteiger partial charge in [0, 0.05) is 6.42 Å². The fourth-order valence-electron chi connectivity index (χ4n) is 3.67. The molecule has 4 rings (SSSR count). The van der Waals surface area contributed by atoms with Gasteiger partial charge in [-0.2, -0.15) is 0 Å². The Bertz CT molecular complexity index is 844. The van der Waals surface area contributed by atoms with Crippen LogP contribution in [0.15, 0.2) is 36.4 Å². The van der Waals surface area contributed by atoms with E-state index in [0.29, 0.717) is 31.3 Å². The Hall–Kier alpha value is -2.69. The van der Waals surface area contributed by atoms with Crippen LogP contribution >= 0.6 is 0 Å². The Kier molecular flexibility index (Phi) is 4.92. The van der Waals surface area contributed by atoms with Crippen molar-refractivity contribution in [3.63, 3.8) is 0 Å². The summed E-state index contributed by atoms with van der Waals surface area (Å²) in [5.74, 6) is 3.00. The van der Waals surface area contributed by atoms with Gasteiger partial charge in [0.1, 0.15) is 19.0 Å². The molecule has 0 radical (unpaired) electrons. The van der Waals surface area contributed by atoms with Gasteiger partial charge in [0.05, 0.1) is 12.8 Å². The van der Waals surface area contributed by atoms with Gasteiger partial charge < -0.3 is 19.5 Å². The van der Waals surface area contributed by atoms with E-state index in [0.717, 1.165) is 28.3 Å². The molecule has 1 aliphatic carbocycles. The van der Waals surface area contributed by atoms with Crippen molar-refractivity contribution in [1.29, 1.82) is 0 Å². The van der Waals surface area contributed by atoms with Crippen molar-refractivity contribution in [3.8, 4) is 17.2 Å². The molecule has 27 heavy (non-hydrogen) atoms. The highest BCUT2D eigenvalue weighted by molar-refractivity contribution is 5.93. The van der Waals surface area contributed by atoms with Crippen molar-refractivity contribution >= 4 is 11.6 Å². The number of carbonyl (C=O) groups excluding carboxylic acids is 1. The highest BCUT2D eigenvalue weighted by Gasteiger charge is 2.34. The van der Waals surface area contributed by atoms with Crippen LogP contribution in [0, 0.1) is 12.8 Å². The highest BCUT2D eigenvalue weighted by atomic mass is 16.6. The van der Waals surface area contributed by atoms with Gasteiger partial charge in [0.2, 0.25) is 5.91 Å². The second-order valence-electron chi connectivity index (χ2n) is 7.30. The van der Waals surface area contributed by atoms with Crippen LogP contribution in [0.5, 0.6) is 17.2 Å². The number of hydrogen-bond donors (Lipinski definition) is 1. The summed E-state index contributed by atoms with van der Waals surface area (Å²) in [6.07, 6.45) is 2.78. The molecule has 2 aliphatic rings. The molecule has 5 heteroatoms. The number of carbonyl (C=O) groups is 1. The second-order valence-corrected chi connectivity index (χ2v) is 7.30. The Balaban J connectivity index is 1.51. The Morgan fingerprint density at radius 3 is 2.67 bits per heavy atom. The molecule has 1 atom stereocenters. The van der Waals surface area contributed by atoms with E-state index in [2.05, 4.69) is 11.4 Å². The standard InChI is InChI=1S/C22H25NO4/c1-14-3-7-19(25-2)18(11-14)23-22(24)13-17(15-4-5-15)16-6-8-20-21(12-16)27-10-9-26-20/h3,6-8,11-12,15,17H,4-5,9-10,13H2,1-2H3,(H,23,24). The van der Waals surface area contributed by atoms with E-state index in [1.54, 1.807) is 7.11 Å². The predicted molar refractivity (Wildman–Crippen MR) is 104 cm³/mol. The van der Waals surface area contributed by atoms with Gasteiger partial charge in [-0.05, 0) is 67.0 Å². The zero-order valence-electron chi connectivity index (χ0n) is 15.8. The summed E-state index contributed by atoms with van der Waals surface area (Å²) in [6, 6.07) is 11.9. The lowest BCUT2D eigenvalue weighted by Crippen LogP contribution is -2.18. The molecule has 0 saturated heterocycles. The van der Waals surface area contributed by atoms with E-state index in [9.17, 15) is 4.79 Å². The van der Waals surface area contributed by atoms with Crippen molar-refractivity contribution in [2.24, 2.45) is 5.92 Å². The maximum Gasteiger partial charge on any atom is 0.225 e. The number of fused-ring (bicyclic) bond motifs is 1. The lowest BCUT2D eigenvalue weighted by atomic mass is 9.90. The summed E-state index contributed by atoms with van der Waals surface area (Å²) in [6.45, 7) is 3.15. The summed E-state index contributed by atoms with van der Waals surface area (Å²) >= 11 is 0. The maximum atomic E-state index is 12.8. The lowest BCUT2D eigenvalue weighted by molar-refractivity contribution is -0.116. The van der Waals surface area contributed by atoms with Crippen LogP contribution in [0.1, 0.15) is 36.3 Å². The number of hydrogen-bond acceptors (Lipinski definition) is 4. The molecule has 1 N–H and O–H groups in total. The van der Waals surface area contributed by atoms with Gasteiger partial charge in [-0.1, -0.05) is 12.1 Å². The van der Waals surface area contributed by atoms with E-state index < -0.39 is 0 Å². The number of nitrogens with one attached hydrogen (secondary N) is 1. The number of anilines is 1. The number of amides is 1. The van der Waals surface area contributed by atoms with Gasteiger partial charge in [0.15, 0.2) is 11.5 Å². The normalized spacial score (nSPS) is 16.5. The third-order valence-electron chi connectivity index (χ3n) is 5.22. The molecule has 1 heterocycles. The van der Waals surface area contributed by atoms with Crippen LogP contribution < -0.4 is 19.5 Å². The maximum absolute atomic E-state index is 12.8. The minimum atomic E-state index is 0.00527. The van der Waals surface area contributed by atoms with Crippen molar-refractivity contribution in [2.45, 2.75) is 32.1 Å². The molecule has 2 aromatic rings. The van der Waals surface area contributed by atoms with Crippen LogP contribution in [-0.4, -0.2) is 26.2 Å². The fourth-order valence-corrected chi connectivity index (χ4v) is 3.67. The first-order chi connectivity index (χ1) is 13.1. The molecule has 1 amide bonds. The Morgan fingerprint density at radius 2 is 1.93 bits per heavy atom. The molecule has 1 fully saturated rings. The van der Waals surface area contributed by atoms with Crippen molar-refractivity contribution in [3.05, 3.63) is 47.5 Å². The lowest BCUT2D eigenvalue weighted by Gasteiger charge is -2.22. The largest absolute Gasteiger partial charge is 0.495 e. The average molecular weight is 367 g/mol. The van der Waals surface area contributed by atoms with Gasteiger partial charge in [0.25, 0.3) is 0 Å². The van der Waals surface area contributed by atoms with Crippen molar-refractivity contribution in [1.82, 2.24) is 0 Å². The molecule has 0 spiro atoms. The first kappa shape index (κ1) is 17.7. The summed E-state index contributed by atoms with van der Waals surface area (Å²) in [4.78, 5) is 12.8. The SMILES string of the molecule is COc1ccc(C)cc1NC(=O)CC(c1ccc2c(c1)OCCO2)C1CC1. The zero-order chi connectivity index (χ0) is 18.8. The van der Waals surface area contributed by atoms with Crippen LogP contribution in [0.3, 0.4) is 0 Å². The Labute approximate surface area is 159 Å². The third-order valence-corrected chi connectivity index (χ3v) is 5.22. The molecule has 2 aromatic carbocycles. The summed E-state index contributed by atoms with van der Waals surface area (Å²) in [5.41, 5.74) is 2.95. The van der Waals surface area contributed by atoms with E-state index in [-0.39, 0.29) is 11.8 Å². The highest BCUT2D eigenvalue weighted by Crippen LogP contribution is 2.46. The quantitative estimate of drug-likeness (QED) is 0.827. The average Bonchev–Trinajstić information content (AvgIpc) is 3.51. The zero-order valence-corrected chi connectivity index (χ0v) is 15.8. The number of aryl methyl sites for hydroxylation is 1. The third kappa shape index (κ3) is 4.02. The van der Waals surface area contributed by atoms with Crippen LogP contribution in [-0.2, 0) is 4.79 Å². The minimum Gasteiger partial charge on any atom is -0.495 e. The van der Waals surface area contributed by atoms with Crippen molar-refractivity contribution < 1.29 is 19.0 Å². The Morgan fingerprint density at radius 1 is 1.15 bits per heavy atom. The topological polar surface area (TPSA) is 56.8 Å². The molecule has 5 nitrogen and oxygen atoms in total. The molecule has 0 aromatic heterocycles. The number of benzene rings is 2. The molecule has 1 unspecified atom stereocenters. The molecule has 142 valence electrons. The van der Waals surface area contributed by atoms with E-state index >= 15 is 0 Å². The molecular formula is C22H25NO4. The number of methoxy groups -OCH3 is 1. The summed E-state index contributed by atoms with van der Waals surface area (Å²) < 4.78 is 16.7. The fraction of sp³-hybridized carbons (Fsp3) is 0.409. The van der Waals surface area contributed by atoms with Crippen LogP contribution in [0.25, 0.3) is 0 Å². The first-order valence-corrected chi connectivity index (χ1v) is 9.48. The van der Waals surface area contributed by atoms with E-state index in [1.807, 2.05) is 37.3 Å². The molecule has 0 bridgehead atoms. The van der Waals surface area contributed by atoms with Crippen LogP contribution in [0.4, 0.5) is 5.69 Å². The number of ether oxygens (including phenoxy) is 3. The van der Waals surface area contributed by atoms with E-state index in [4.69, 9.17) is 14.2 Å².